The number of hydrogen-bond acceptors (Lipinski definition) is 6. The maximum Gasteiger partial charge on any atom is 0.262 e. The quantitative estimate of drug-likeness (QED) is 0.845. The van der Waals surface area contributed by atoms with E-state index in [1.165, 1.54) is 28.6 Å². The Balaban J connectivity index is 1.62. The first-order valence-electron chi connectivity index (χ1n) is 7.88. The Bertz CT molecular complexity index is 1070. The van der Waals surface area contributed by atoms with Crippen LogP contribution in [0.4, 0.5) is 11.4 Å². The van der Waals surface area contributed by atoms with E-state index in [1.54, 1.807) is 18.2 Å². The van der Waals surface area contributed by atoms with Crippen LogP contribution in [0.1, 0.15) is 6.42 Å². The van der Waals surface area contributed by atoms with Crippen molar-refractivity contribution in [3.05, 3.63) is 42.5 Å². The highest BCUT2D eigenvalue weighted by atomic mass is 32.2. The highest BCUT2D eigenvalue weighted by molar-refractivity contribution is 7.93. The lowest BCUT2D eigenvalue weighted by Gasteiger charge is -2.18. The molecule has 0 saturated carbocycles. The first kappa shape index (κ1) is 17.0. The van der Waals surface area contributed by atoms with Crippen molar-refractivity contribution in [1.82, 2.24) is 0 Å². The van der Waals surface area contributed by atoms with Crippen LogP contribution >= 0.6 is 0 Å². The van der Waals surface area contributed by atoms with Crippen LogP contribution in [-0.4, -0.2) is 35.9 Å². The number of rotatable bonds is 4. The highest BCUT2D eigenvalue weighted by Crippen LogP contribution is 2.34. The molecule has 0 amide bonds. The summed E-state index contributed by atoms with van der Waals surface area (Å²) in [5.74, 6) is 0.954. The minimum atomic E-state index is -3.86. The van der Waals surface area contributed by atoms with Crippen LogP contribution in [0.2, 0.25) is 0 Å². The van der Waals surface area contributed by atoms with E-state index >= 15 is 0 Å². The van der Waals surface area contributed by atoms with E-state index in [9.17, 15) is 16.8 Å². The summed E-state index contributed by atoms with van der Waals surface area (Å²) in [6, 6.07) is 10.7. The summed E-state index contributed by atoms with van der Waals surface area (Å²) in [5, 5.41) is 0. The van der Waals surface area contributed by atoms with Crippen molar-refractivity contribution in [3.8, 4) is 11.5 Å². The molecule has 2 aliphatic rings. The van der Waals surface area contributed by atoms with Crippen LogP contribution in [0.25, 0.3) is 0 Å². The third-order valence-corrected chi connectivity index (χ3v) is 7.39. The van der Waals surface area contributed by atoms with E-state index in [0.29, 0.717) is 30.2 Å². The topological polar surface area (TPSA) is 102 Å². The van der Waals surface area contributed by atoms with Crippen LogP contribution < -0.4 is 18.5 Å². The van der Waals surface area contributed by atoms with Crippen LogP contribution in [0, 0.1) is 0 Å². The van der Waals surface area contributed by atoms with Crippen LogP contribution in [-0.2, 0) is 20.0 Å². The third kappa shape index (κ3) is 3.06. The molecule has 4 rings (SSSR count). The molecule has 1 fully saturated rings. The Morgan fingerprint density at radius 1 is 1.04 bits per heavy atom. The Hall–Kier alpha value is -2.46. The molecule has 0 bridgehead atoms. The second kappa shape index (κ2) is 6.06. The molecule has 0 aromatic heterocycles. The molecule has 10 heteroatoms. The molecule has 8 nitrogen and oxygen atoms in total. The van der Waals surface area contributed by atoms with E-state index in [1.807, 2.05) is 0 Å². The molecule has 2 aromatic rings. The lowest BCUT2D eigenvalue weighted by molar-refractivity contribution is 0.174. The van der Waals surface area contributed by atoms with Gasteiger partial charge in [0.05, 0.1) is 22.0 Å². The molecule has 0 aliphatic carbocycles. The van der Waals surface area contributed by atoms with Gasteiger partial charge in [-0.15, -0.1) is 0 Å². The molecule has 2 aliphatic heterocycles. The summed E-state index contributed by atoms with van der Waals surface area (Å²) >= 11 is 0. The van der Waals surface area contributed by atoms with Gasteiger partial charge in [-0.2, -0.15) is 0 Å². The van der Waals surface area contributed by atoms with Crippen molar-refractivity contribution in [3.63, 3.8) is 0 Å². The standard InChI is InChI=1S/C16H16N2O6S2/c19-25(20)8-2-7-18(25)13-4-1-3-12(9-13)17-26(21,22)14-5-6-15-16(10-14)24-11-23-15/h1,3-6,9-10,17H,2,7-8,11H2. The predicted molar refractivity (Wildman–Crippen MR) is 95.6 cm³/mol. The molecule has 0 atom stereocenters. The molecule has 0 radical (unpaired) electrons. The molecule has 0 spiro atoms. The van der Waals surface area contributed by atoms with E-state index in [2.05, 4.69) is 4.72 Å². The molecule has 1 saturated heterocycles. The van der Waals surface area contributed by atoms with Gasteiger partial charge in [-0.1, -0.05) is 6.07 Å². The summed E-state index contributed by atoms with van der Waals surface area (Å²) < 4.78 is 63.5. The van der Waals surface area contributed by atoms with E-state index in [0.717, 1.165) is 0 Å². The fraction of sp³-hybridized carbons (Fsp3) is 0.250. The van der Waals surface area contributed by atoms with Gasteiger partial charge in [-0.25, -0.2) is 16.8 Å². The smallest absolute Gasteiger partial charge is 0.262 e. The molecule has 138 valence electrons. The maximum atomic E-state index is 12.6. The van der Waals surface area contributed by atoms with E-state index in [4.69, 9.17) is 9.47 Å². The lowest BCUT2D eigenvalue weighted by Crippen LogP contribution is -2.25. The number of fused-ring (bicyclic) bond motifs is 1. The van der Waals surface area contributed by atoms with Crippen molar-refractivity contribution >= 4 is 31.4 Å². The van der Waals surface area contributed by atoms with Gasteiger partial charge in [0.15, 0.2) is 11.5 Å². The highest BCUT2D eigenvalue weighted by Gasteiger charge is 2.28. The molecule has 2 aromatic carbocycles. The number of nitrogens with zero attached hydrogens (tertiary/aromatic N) is 1. The van der Waals surface area contributed by atoms with E-state index < -0.39 is 20.0 Å². The summed E-state index contributed by atoms with van der Waals surface area (Å²) in [7, 11) is -7.19. The van der Waals surface area contributed by atoms with Gasteiger partial charge in [0.1, 0.15) is 0 Å². The zero-order valence-corrected chi connectivity index (χ0v) is 15.2. The number of anilines is 2. The third-order valence-electron chi connectivity index (χ3n) is 4.14. The lowest BCUT2D eigenvalue weighted by atomic mass is 10.3. The number of benzene rings is 2. The number of hydrogen-bond donors (Lipinski definition) is 1. The Morgan fingerprint density at radius 3 is 2.62 bits per heavy atom. The van der Waals surface area contributed by atoms with Gasteiger partial charge < -0.3 is 9.47 Å². The Kier molecular flexibility index (Phi) is 3.96. The first-order valence-corrected chi connectivity index (χ1v) is 11.0. The van der Waals surface area contributed by atoms with Crippen LogP contribution in [0.3, 0.4) is 0 Å². The van der Waals surface area contributed by atoms with Crippen LogP contribution in [0.15, 0.2) is 47.4 Å². The maximum absolute atomic E-state index is 12.6. The fourth-order valence-corrected chi connectivity index (χ4v) is 5.53. The molecule has 0 unspecified atom stereocenters. The summed E-state index contributed by atoms with van der Waals surface area (Å²) in [4.78, 5) is 0.0287. The molecule has 26 heavy (non-hydrogen) atoms. The SMILES string of the molecule is O=S(=O)(Nc1cccc(N2CCCS2(=O)=O)c1)c1ccc2c(c1)OCO2. The van der Waals surface area contributed by atoms with Gasteiger partial charge in [-0.05, 0) is 36.8 Å². The molecule has 2 heterocycles. The van der Waals surface area contributed by atoms with Crippen molar-refractivity contribution in [1.29, 1.82) is 0 Å². The minimum absolute atomic E-state index is 0.0287. The van der Waals surface area contributed by atoms with Gasteiger partial charge in [0.25, 0.3) is 10.0 Å². The second-order valence-corrected chi connectivity index (χ2v) is 9.61. The van der Waals surface area contributed by atoms with Crippen molar-refractivity contribution in [2.24, 2.45) is 0 Å². The van der Waals surface area contributed by atoms with Crippen molar-refractivity contribution in [2.75, 3.05) is 28.1 Å². The number of sulfonamides is 2. The fourth-order valence-electron chi connectivity index (χ4n) is 2.91. The number of ether oxygens (including phenoxy) is 2. The minimum Gasteiger partial charge on any atom is -0.454 e. The first-order chi connectivity index (χ1) is 12.4. The van der Waals surface area contributed by atoms with E-state index in [-0.39, 0.29) is 23.1 Å². The number of nitrogens with one attached hydrogen (secondary N) is 1. The molecular weight excluding hydrogens is 380 g/mol. The average Bonchev–Trinajstić information content (AvgIpc) is 3.19. The molecule has 1 N–H and O–H groups in total. The van der Waals surface area contributed by atoms with Gasteiger partial charge in [0.2, 0.25) is 16.8 Å². The largest absolute Gasteiger partial charge is 0.454 e. The van der Waals surface area contributed by atoms with Crippen LogP contribution in [0.5, 0.6) is 11.5 Å². The zero-order valence-electron chi connectivity index (χ0n) is 13.6. The Labute approximate surface area is 151 Å². The summed E-state index contributed by atoms with van der Waals surface area (Å²) in [6.07, 6.45) is 0.551. The summed E-state index contributed by atoms with van der Waals surface area (Å²) in [6.45, 7) is 0.444. The zero-order chi connectivity index (χ0) is 18.4. The van der Waals surface area contributed by atoms with Gasteiger partial charge in [-0.3, -0.25) is 9.03 Å². The van der Waals surface area contributed by atoms with Crippen molar-refractivity contribution in [2.45, 2.75) is 11.3 Å². The van der Waals surface area contributed by atoms with Gasteiger partial charge >= 0.3 is 0 Å². The monoisotopic (exact) mass is 396 g/mol. The van der Waals surface area contributed by atoms with Gasteiger partial charge in [0, 0.05) is 12.6 Å². The van der Waals surface area contributed by atoms with Crippen molar-refractivity contribution < 1.29 is 26.3 Å². The average molecular weight is 396 g/mol. The predicted octanol–water partition coefficient (Wildman–Crippen LogP) is 1.76. The molecular formula is C16H16N2O6S2. The normalized spacial score (nSPS) is 18.1. The summed E-state index contributed by atoms with van der Waals surface area (Å²) in [5.41, 5.74) is 0.718. The second-order valence-electron chi connectivity index (χ2n) is 5.91. The Morgan fingerprint density at radius 2 is 1.85 bits per heavy atom.